The summed E-state index contributed by atoms with van der Waals surface area (Å²) in [5.74, 6) is 1.35. The van der Waals surface area contributed by atoms with Crippen molar-refractivity contribution in [3.8, 4) is 0 Å². The molecule has 0 radical (unpaired) electrons. The van der Waals surface area contributed by atoms with Gasteiger partial charge in [-0.15, -0.1) is 0 Å². The Bertz CT molecular complexity index is 656. The van der Waals surface area contributed by atoms with Crippen molar-refractivity contribution in [2.75, 3.05) is 0 Å². The number of hydrogen-bond acceptors (Lipinski definition) is 2. The first kappa shape index (κ1) is 13.7. The van der Waals surface area contributed by atoms with E-state index in [1.807, 2.05) is 18.2 Å². The smallest absolute Gasteiger partial charge is 0.152 e. The topological polar surface area (TPSA) is 33.4 Å². The van der Waals surface area contributed by atoms with E-state index in [-0.39, 0.29) is 5.92 Å². The average molecular weight is 291 g/mol. The summed E-state index contributed by atoms with van der Waals surface area (Å²) in [4.78, 5) is 0. The Morgan fingerprint density at radius 2 is 2.20 bits per heavy atom. The van der Waals surface area contributed by atoms with Crippen LogP contribution in [-0.4, -0.2) is 5.11 Å². The van der Waals surface area contributed by atoms with Crippen molar-refractivity contribution in [2.45, 2.75) is 32.8 Å². The fourth-order valence-corrected chi connectivity index (χ4v) is 3.48. The number of hydrogen-bond donors (Lipinski definition) is 1. The maximum absolute atomic E-state index is 10.6. The van der Waals surface area contributed by atoms with Crippen LogP contribution in [0.5, 0.6) is 0 Å². The highest BCUT2D eigenvalue weighted by Crippen LogP contribution is 2.39. The normalized spacial score (nSPS) is 24.7. The van der Waals surface area contributed by atoms with Crippen LogP contribution in [0.4, 0.5) is 0 Å². The molecule has 0 spiro atoms. The van der Waals surface area contributed by atoms with Crippen molar-refractivity contribution >= 4 is 22.6 Å². The van der Waals surface area contributed by atoms with Crippen LogP contribution in [0.25, 0.3) is 11.0 Å². The lowest BCUT2D eigenvalue weighted by Gasteiger charge is -2.28. The van der Waals surface area contributed by atoms with Gasteiger partial charge in [-0.3, -0.25) is 0 Å². The van der Waals surface area contributed by atoms with Crippen LogP contribution in [0, 0.1) is 11.8 Å². The summed E-state index contributed by atoms with van der Waals surface area (Å²) in [6, 6.07) is 7.56. The average Bonchev–Trinajstić information content (AvgIpc) is 2.82. The highest BCUT2D eigenvalue weighted by molar-refractivity contribution is 6.34. The standard InChI is InChI=1S/C17H19ClO2/c1-10-6-11(2)8-13(7-10)16(19)15-9-12-4-3-5-14(18)17(12)20-15/h3-6,9-10,13,16,19H,7-8H2,1-2H3. The molecule has 2 aromatic rings. The second-order valence-corrected chi connectivity index (χ2v) is 6.35. The van der Waals surface area contributed by atoms with E-state index in [4.69, 9.17) is 16.0 Å². The van der Waals surface area contributed by atoms with Crippen LogP contribution in [0.15, 0.2) is 40.3 Å². The second-order valence-electron chi connectivity index (χ2n) is 5.94. The molecule has 1 aliphatic rings. The van der Waals surface area contributed by atoms with Crippen molar-refractivity contribution in [2.24, 2.45) is 11.8 Å². The van der Waals surface area contributed by atoms with E-state index in [0.717, 1.165) is 18.2 Å². The van der Waals surface area contributed by atoms with Gasteiger partial charge in [-0.1, -0.05) is 42.3 Å². The molecule has 0 bridgehead atoms. The van der Waals surface area contributed by atoms with Gasteiger partial charge in [0.25, 0.3) is 0 Å². The number of aliphatic hydroxyl groups excluding tert-OH is 1. The monoisotopic (exact) mass is 290 g/mol. The number of fused-ring (bicyclic) bond motifs is 1. The largest absolute Gasteiger partial charge is 0.457 e. The number of furan rings is 1. The molecular formula is C17H19ClO2. The first-order valence-electron chi connectivity index (χ1n) is 7.08. The SMILES string of the molecule is CC1=CC(C)CC(C(O)c2cc3cccc(Cl)c3o2)C1. The predicted octanol–water partition coefficient (Wildman–Crippen LogP) is 5.11. The zero-order valence-electron chi connectivity index (χ0n) is 11.8. The fraction of sp³-hybridized carbons (Fsp3) is 0.412. The van der Waals surface area contributed by atoms with Crippen molar-refractivity contribution in [3.63, 3.8) is 0 Å². The van der Waals surface area contributed by atoms with Crippen LogP contribution in [0.2, 0.25) is 5.02 Å². The third-order valence-corrected chi connectivity index (χ3v) is 4.38. The maximum atomic E-state index is 10.6. The van der Waals surface area contributed by atoms with Gasteiger partial charge < -0.3 is 9.52 Å². The van der Waals surface area contributed by atoms with Crippen LogP contribution >= 0.6 is 11.6 Å². The molecule has 2 nitrogen and oxygen atoms in total. The Morgan fingerprint density at radius 1 is 1.40 bits per heavy atom. The molecule has 106 valence electrons. The van der Waals surface area contributed by atoms with E-state index in [9.17, 15) is 5.11 Å². The van der Waals surface area contributed by atoms with Gasteiger partial charge in [0.1, 0.15) is 11.9 Å². The van der Waals surface area contributed by atoms with Gasteiger partial charge in [0, 0.05) is 5.39 Å². The molecule has 1 aromatic carbocycles. The van der Waals surface area contributed by atoms with Gasteiger partial charge in [0.15, 0.2) is 5.58 Å². The first-order chi connectivity index (χ1) is 9.54. The Hall–Kier alpha value is -1.25. The Kier molecular flexibility index (Phi) is 3.61. The zero-order valence-corrected chi connectivity index (χ0v) is 12.5. The minimum atomic E-state index is -0.565. The molecule has 1 N–H and O–H groups in total. The van der Waals surface area contributed by atoms with Crippen molar-refractivity contribution in [1.29, 1.82) is 0 Å². The molecule has 3 unspecified atom stereocenters. The van der Waals surface area contributed by atoms with Crippen LogP contribution < -0.4 is 0 Å². The highest BCUT2D eigenvalue weighted by atomic mass is 35.5. The second kappa shape index (κ2) is 5.27. The number of allylic oxidation sites excluding steroid dienone is 2. The molecule has 3 atom stereocenters. The van der Waals surface area contributed by atoms with E-state index in [0.29, 0.717) is 22.3 Å². The summed E-state index contributed by atoms with van der Waals surface area (Å²) in [6.07, 6.45) is 3.64. The van der Waals surface area contributed by atoms with Gasteiger partial charge in [0.05, 0.1) is 5.02 Å². The van der Waals surface area contributed by atoms with E-state index in [2.05, 4.69) is 19.9 Å². The van der Waals surface area contributed by atoms with Crippen molar-refractivity contribution in [1.82, 2.24) is 0 Å². The van der Waals surface area contributed by atoms with Crippen LogP contribution in [0.1, 0.15) is 38.6 Å². The van der Waals surface area contributed by atoms with Gasteiger partial charge >= 0.3 is 0 Å². The third-order valence-electron chi connectivity index (χ3n) is 4.08. The third kappa shape index (κ3) is 2.50. The number of aliphatic hydroxyl groups is 1. The quantitative estimate of drug-likeness (QED) is 0.780. The van der Waals surface area contributed by atoms with Crippen LogP contribution in [-0.2, 0) is 0 Å². The van der Waals surface area contributed by atoms with Crippen LogP contribution in [0.3, 0.4) is 0 Å². The zero-order chi connectivity index (χ0) is 14.3. The summed E-state index contributed by atoms with van der Waals surface area (Å²) in [5.41, 5.74) is 2.02. The summed E-state index contributed by atoms with van der Waals surface area (Å²) in [7, 11) is 0. The van der Waals surface area contributed by atoms with E-state index in [1.54, 1.807) is 6.07 Å². The molecular weight excluding hydrogens is 272 g/mol. The maximum Gasteiger partial charge on any atom is 0.152 e. The predicted molar refractivity (Wildman–Crippen MR) is 81.8 cm³/mol. The minimum Gasteiger partial charge on any atom is -0.457 e. The Balaban J connectivity index is 1.91. The fourth-order valence-electron chi connectivity index (χ4n) is 3.26. The summed E-state index contributed by atoms with van der Waals surface area (Å²) in [6.45, 7) is 4.32. The lowest BCUT2D eigenvalue weighted by molar-refractivity contribution is 0.0743. The molecule has 0 fully saturated rings. The Morgan fingerprint density at radius 3 is 2.90 bits per heavy atom. The molecule has 0 saturated carbocycles. The summed E-state index contributed by atoms with van der Waals surface area (Å²) in [5, 5.41) is 12.1. The van der Waals surface area contributed by atoms with E-state index >= 15 is 0 Å². The van der Waals surface area contributed by atoms with Gasteiger partial charge in [0.2, 0.25) is 0 Å². The number of rotatable bonds is 2. The Labute approximate surface area is 124 Å². The molecule has 1 aromatic heterocycles. The van der Waals surface area contributed by atoms with Crippen molar-refractivity contribution in [3.05, 3.63) is 46.7 Å². The number of halogens is 1. The first-order valence-corrected chi connectivity index (χ1v) is 7.45. The molecule has 0 aliphatic heterocycles. The molecule has 0 saturated heterocycles. The molecule has 20 heavy (non-hydrogen) atoms. The lowest BCUT2D eigenvalue weighted by Crippen LogP contribution is -2.18. The number of benzene rings is 1. The minimum absolute atomic E-state index is 0.217. The summed E-state index contributed by atoms with van der Waals surface area (Å²) >= 11 is 6.12. The molecule has 3 heteroatoms. The van der Waals surface area contributed by atoms with Gasteiger partial charge in [-0.25, -0.2) is 0 Å². The van der Waals surface area contributed by atoms with E-state index in [1.165, 1.54) is 5.57 Å². The lowest BCUT2D eigenvalue weighted by atomic mass is 9.80. The van der Waals surface area contributed by atoms with E-state index < -0.39 is 6.10 Å². The van der Waals surface area contributed by atoms with Gasteiger partial charge in [-0.2, -0.15) is 0 Å². The number of para-hydroxylation sites is 1. The van der Waals surface area contributed by atoms with Gasteiger partial charge in [-0.05, 0) is 43.7 Å². The molecule has 1 aliphatic carbocycles. The molecule has 0 amide bonds. The summed E-state index contributed by atoms with van der Waals surface area (Å²) < 4.78 is 5.78. The molecule has 1 heterocycles. The highest BCUT2D eigenvalue weighted by Gasteiger charge is 2.28. The molecule has 3 rings (SSSR count). The van der Waals surface area contributed by atoms with Crippen molar-refractivity contribution < 1.29 is 9.52 Å².